The zero-order valence-electron chi connectivity index (χ0n) is 22.9. The predicted octanol–water partition coefficient (Wildman–Crippen LogP) is 4.61. The minimum Gasteiger partial charge on any atom is -0.497 e. The van der Waals surface area contributed by atoms with Crippen LogP contribution in [0.1, 0.15) is 39.2 Å². The molecule has 208 valence electrons. The molecule has 8 nitrogen and oxygen atoms in total. The van der Waals surface area contributed by atoms with Crippen LogP contribution in [0.25, 0.3) is 0 Å². The van der Waals surface area contributed by atoms with E-state index < -0.39 is 28.5 Å². The van der Waals surface area contributed by atoms with Gasteiger partial charge in [-0.25, -0.2) is 8.42 Å². The third-order valence-corrected chi connectivity index (χ3v) is 8.32. The highest BCUT2D eigenvalue weighted by molar-refractivity contribution is 7.92. The summed E-state index contributed by atoms with van der Waals surface area (Å²) < 4.78 is 34.1. The second-order valence-electron chi connectivity index (χ2n) is 9.28. The first kappa shape index (κ1) is 29.7. The minimum absolute atomic E-state index is 0.0526. The molecule has 0 bridgehead atoms. The highest BCUT2D eigenvalue weighted by atomic mass is 32.2. The van der Waals surface area contributed by atoms with Crippen LogP contribution in [0.5, 0.6) is 5.75 Å². The minimum atomic E-state index is -4.13. The second-order valence-corrected chi connectivity index (χ2v) is 11.1. The van der Waals surface area contributed by atoms with Crippen molar-refractivity contribution < 1.29 is 22.7 Å². The Morgan fingerprint density at radius 3 is 2.13 bits per heavy atom. The van der Waals surface area contributed by atoms with Gasteiger partial charge in [0, 0.05) is 18.7 Å². The molecule has 2 amide bonds. The van der Waals surface area contributed by atoms with E-state index in [2.05, 4.69) is 5.32 Å². The number of hydrogen-bond acceptors (Lipinski definition) is 5. The first-order valence-corrected chi connectivity index (χ1v) is 14.5. The first-order chi connectivity index (χ1) is 18.7. The van der Waals surface area contributed by atoms with E-state index in [9.17, 15) is 18.0 Å². The Morgan fingerprint density at radius 2 is 1.54 bits per heavy atom. The molecule has 0 fully saturated rings. The summed E-state index contributed by atoms with van der Waals surface area (Å²) in [7, 11) is -2.64. The molecule has 9 heteroatoms. The smallest absolute Gasteiger partial charge is 0.264 e. The standard InChI is InChI=1S/C30H37N3O5S/c1-5-23(3)31-30(35)28(6-2)32(21-24-14-9-7-10-15-24)29(34)22-33(25-16-13-17-26(20-25)38-4)39(36,37)27-18-11-8-12-19-27/h7-20,23,28H,5-6,21-22H2,1-4H3,(H,31,35)/t23-,28+/m1/s1. The SMILES string of the molecule is CC[C@@H](C)NC(=O)[C@H](CC)N(Cc1ccccc1)C(=O)CN(c1cccc(OC)c1)S(=O)(=O)c1ccccc1. The number of amides is 2. The average molecular weight is 552 g/mol. The molecule has 3 aromatic rings. The highest BCUT2D eigenvalue weighted by Crippen LogP contribution is 2.27. The summed E-state index contributed by atoms with van der Waals surface area (Å²) in [6.07, 6.45) is 1.11. The summed E-state index contributed by atoms with van der Waals surface area (Å²) in [6, 6.07) is 23.0. The van der Waals surface area contributed by atoms with Crippen molar-refractivity contribution in [2.45, 2.75) is 57.1 Å². The normalized spacial score (nSPS) is 12.7. The van der Waals surface area contributed by atoms with Crippen LogP contribution in [-0.2, 0) is 26.2 Å². The lowest BCUT2D eigenvalue weighted by Crippen LogP contribution is -2.53. The Labute approximate surface area is 231 Å². The molecule has 3 aromatic carbocycles. The number of ether oxygens (including phenoxy) is 1. The van der Waals surface area contributed by atoms with Crippen LogP contribution < -0.4 is 14.4 Å². The summed E-state index contributed by atoms with van der Waals surface area (Å²) >= 11 is 0. The molecule has 3 rings (SSSR count). The molecule has 0 heterocycles. The van der Waals surface area contributed by atoms with E-state index >= 15 is 0 Å². The topological polar surface area (TPSA) is 96.0 Å². The van der Waals surface area contributed by atoms with Gasteiger partial charge >= 0.3 is 0 Å². The number of carbonyl (C=O) groups excluding carboxylic acids is 2. The van der Waals surface area contributed by atoms with Crippen LogP contribution in [0.3, 0.4) is 0 Å². The Bertz CT molecular complexity index is 1330. The van der Waals surface area contributed by atoms with Crippen molar-refractivity contribution >= 4 is 27.5 Å². The number of sulfonamides is 1. The lowest BCUT2D eigenvalue weighted by atomic mass is 10.1. The molecular weight excluding hydrogens is 514 g/mol. The van der Waals surface area contributed by atoms with Gasteiger partial charge < -0.3 is 15.0 Å². The van der Waals surface area contributed by atoms with Crippen molar-refractivity contribution in [3.05, 3.63) is 90.5 Å². The number of anilines is 1. The molecule has 1 N–H and O–H groups in total. The molecular formula is C30H37N3O5S. The third-order valence-electron chi connectivity index (χ3n) is 6.53. The predicted molar refractivity (Wildman–Crippen MR) is 153 cm³/mol. The van der Waals surface area contributed by atoms with Crippen molar-refractivity contribution in [2.24, 2.45) is 0 Å². The number of benzene rings is 3. The van der Waals surface area contributed by atoms with Gasteiger partial charge in [-0.1, -0.05) is 68.4 Å². The van der Waals surface area contributed by atoms with E-state index in [1.807, 2.05) is 51.1 Å². The third kappa shape index (κ3) is 7.60. The van der Waals surface area contributed by atoms with Crippen molar-refractivity contribution in [1.82, 2.24) is 10.2 Å². The number of hydrogen-bond donors (Lipinski definition) is 1. The van der Waals surface area contributed by atoms with Gasteiger partial charge in [0.15, 0.2) is 0 Å². The van der Waals surface area contributed by atoms with E-state index in [-0.39, 0.29) is 29.1 Å². The lowest BCUT2D eigenvalue weighted by Gasteiger charge is -2.33. The van der Waals surface area contributed by atoms with Crippen LogP contribution in [0.15, 0.2) is 89.8 Å². The molecule has 0 unspecified atom stereocenters. The Balaban J connectivity index is 2.05. The zero-order valence-corrected chi connectivity index (χ0v) is 23.7. The monoisotopic (exact) mass is 551 g/mol. The molecule has 0 aliphatic heterocycles. The molecule has 0 spiro atoms. The van der Waals surface area contributed by atoms with Crippen LogP contribution in [0.2, 0.25) is 0 Å². The van der Waals surface area contributed by atoms with Crippen LogP contribution in [0.4, 0.5) is 5.69 Å². The van der Waals surface area contributed by atoms with E-state index in [0.29, 0.717) is 12.2 Å². The largest absolute Gasteiger partial charge is 0.497 e. The molecule has 0 aliphatic rings. The number of carbonyl (C=O) groups is 2. The molecule has 0 radical (unpaired) electrons. The van der Waals surface area contributed by atoms with Crippen LogP contribution >= 0.6 is 0 Å². The van der Waals surface area contributed by atoms with Crippen molar-refractivity contribution in [3.8, 4) is 5.75 Å². The van der Waals surface area contributed by atoms with Gasteiger partial charge in [-0.2, -0.15) is 0 Å². The fourth-order valence-electron chi connectivity index (χ4n) is 4.15. The van der Waals surface area contributed by atoms with Gasteiger partial charge in [0.05, 0.1) is 17.7 Å². The average Bonchev–Trinajstić information content (AvgIpc) is 2.96. The quantitative estimate of drug-likeness (QED) is 0.335. The summed E-state index contributed by atoms with van der Waals surface area (Å²) in [5.41, 5.74) is 1.11. The maximum absolute atomic E-state index is 14.0. The van der Waals surface area contributed by atoms with E-state index in [4.69, 9.17) is 4.74 Å². The maximum Gasteiger partial charge on any atom is 0.264 e. The molecule has 0 saturated carbocycles. The van der Waals surface area contributed by atoms with E-state index in [1.165, 1.54) is 24.1 Å². The Hall–Kier alpha value is -3.85. The summed E-state index contributed by atoms with van der Waals surface area (Å²) in [4.78, 5) is 28.8. The van der Waals surface area contributed by atoms with Crippen LogP contribution in [-0.4, -0.2) is 50.9 Å². The fraction of sp³-hybridized carbons (Fsp3) is 0.333. The van der Waals surface area contributed by atoms with Crippen molar-refractivity contribution in [3.63, 3.8) is 0 Å². The lowest BCUT2D eigenvalue weighted by molar-refractivity contribution is -0.140. The molecule has 2 atom stereocenters. The summed E-state index contributed by atoms with van der Waals surface area (Å²) in [5, 5.41) is 2.98. The van der Waals surface area contributed by atoms with Gasteiger partial charge in [0.1, 0.15) is 18.3 Å². The highest BCUT2D eigenvalue weighted by Gasteiger charge is 2.34. The van der Waals surface area contributed by atoms with Gasteiger partial charge in [-0.3, -0.25) is 13.9 Å². The molecule has 39 heavy (non-hydrogen) atoms. The van der Waals surface area contributed by atoms with Gasteiger partial charge in [-0.15, -0.1) is 0 Å². The number of nitrogens with zero attached hydrogens (tertiary/aromatic N) is 2. The number of methoxy groups -OCH3 is 1. The molecule has 0 aromatic heterocycles. The van der Waals surface area contributed by atoms with Crippen molar-refractivity contribution in [2.75, 3.05) is 18.0 Å². The van der Waals surface area contributed by atoms with Gasteiger partial charge in [0.2, 0.25) is 11.8 Å². The maximum atomic E-state index is 14.0. The second kappa shape index (κ2) is 13.8. The number of nitrogens with one attached hydrogen (secondary N) is 1. The fourth-order valence-corrected chi connectivity index (χ4v) is 5.58. The van der Waals surface area contributed by atoms with Crippen molar-refractivity contribution in [1.29, 1.82) is 0 Å². The number of rotatable bonds is 13. The van der Waals surface area contributed by atoms with E-state index in [0.717, 1.165) is 16.3 Å². The van der Waals surface area contributed by atoms with Gasteiger partial charge in [-0.05, 0) is 49.6 Å². The summed E-state index contributed by atoms with van der Waals surface area (Å²) in [5.74, 6) is -0.309. The van der Waals surface area contributed by atoms with Crippen LogP contribution in [0, 0.1) is 0 Å². The molecule has 0 aliphatic carbocycles. The Kier molecular flexibility index (Phi) is 10.5. The zero-order chi connectivity index (χ0) is 28.4. The first-order valence-electron chi connectivity index (χ1n) is 13.1. The van der Waals surface area contributed by atoms with Gasteiger partial charge in [0.25, 0.3) is 10.0 Å². The Morgan fingerprint density at radius 1 is 0.897 bits per heavy atom. The summed E-state index contributed by atoms with van der Waals surface area (Å²) in [6.45, 7) is 5.38. The van der Waals surface area contributed by atoms with E-state index in [1.54, 1.807) is 42.5 Å². The molecule has 0 saturated heterocycles.